The molecule has 106 valence electrons. The molecule has 6 nitrogen and oxygen atoms in total. The molecule has 0 radical (unpaired) electrons. The second-order valence-corrected chi connectivity index (χ2v) is 6.14. The number of rotatable bonds is 5. The minimum atomic E-state index is -3.45. The summed E-state index contributed by atoms with van der Waals surface area (Å²) in [6.45, 7) is 2.89. The van der Waals surface area contributed by atoms with E-state index in [9.17, 15) is 8.42 Å². The van der Waals surface area contributed by atoms with Crippen molar-refractivity contribution in [1.29, 1.82) is 0 Å². The van der Waals surface area contributed by atoms with Crippen molar-refractivity contribution in [2.24, 2.45) is 0 Å². The van der Waals surface area contributed by atoms with Crippen LogP contribution in [0.25, 0.3) is 0 Å². The zero-order chi connectivity index (χ0) is 13.7. The summed E-state index contributed by atoms with van der Waals surface area (Å²) >= 11 is 0. The number of para-hydroxylation sites is 1. The van der Waals surface area contributed by atoms with Crippen molar-refractivity contribution in [2.75, 3.05) is 38.6 Å². The number of nitrogens with one attached hydrogen (secondary N) is 3. The molecule has 1 fully saturated rings. The quantitative estimate of drug-likeness (QED) is 0.709. The molecule has 1 atom stereocenters. The van der Waals surface area contributed by atoms with Gasteiger partial charge in [-0.05, 0) is 19.2 Å². The first-order valence-corrected chi connectivity index (χ1v) is 7.70. The first kappa shape index (κ1) is 14.3. The molecule has 1 unspecified atom stereocenters. The molecule has 19 heavy (non-hydrogen) atoms. The monoisotopic (exact) mass is 285 g/mol. The van der Waals surface area contributed by atoms with E-state index in [-0.39, 0.29) is 11.0 Å². The lowest BCUT2D eigenvalue weighted by molar-refractivity contribution is 0.0372. The predicted octanol–water partition coefficient (Wildman–Crippen LogP) is -0.00500. The minimum Gasteiger partial charge on any atom is -0.381 e. The molecule has 1 aliphatic heterocycles. The van der Waals surface area contributed by atoms with Crippen LogP contribution in [0.1, 0.15) is 0 Å². The highest BCUT2D eigenvalue weighted by Gasteiger charge is 2.18. The Morgan fingerprint density at radius 1 is 1.42 bits per heavy atom. The molecule has 1 aromatic carbocycles. The second-order valence-electron chi connectivity index (χ2n) is 4.28. The summed E-state index contributed by atoms with van der Waals surface area (Å²) in [7, 11) is -2.05. The molecule has 2 rings (SSSR count). The summed E-state index contributed by atoms with van der Waals surface area (Å²) in [5, 5.41) is 6.37. The van der Waals surface area contributed by atoms with Crippen LogP contribution in [0.15, 0.2) is 29.2 Å². The van der Waals surface area contributed by atoms with Gasteiger partial charge in [-0.3, -0.25) is 0 Å². The van der Waals surface area contributed by atoms with Crippen molar-refractivity contribution in [1.82, 2.24) is 10.0 Å². The molecule has 1 saturated heterocycles. The van der Waals surface area contributed by atoms with Crippen LogP contribution >= 0.6 is 0 Å². The Morgan fingerprint density at radius 3 is 2.89 bits per heavy atom. The highest BCUT2D eigenvalue weighted by Crippen LogP contribution is 2.20. The van der Waals surface area contributed by atoms with Crippen LogP contribution in [0, 0.1) is 0 Å². The summed E-state index contributed by atoms with van der Waals surface area (Å²) in [4.78, 5) is 0.251. The van der Waals surface area contributed by atoms with Gasteiger partial charge in [0.05, 0.1) is 18.4 Å². The van der Waals surface area contributed by atoms with E-state index in [0.29, 0.717) is 18.8 Å². The van der Waals surface area contributed by atoms with Gasteiger partial charge in [0, 0.05) is 19.6 Å². The van der Waals surface area contributed by atoms with E-state index in [1.165, 1.54) is 7.05 Å². The Morgan fingerprint density at radius 2 is 2.21 bits per heavy atom. The summed E-state index contributed by atoms with van der Waals surface area (Å²) in [5.41, 5.74) is 0.589. The van der Waals surface area contributed by atoms with Gasteiger partial charge in [-0.15, -0.1) is 0 Å². The number of hydrogen-bond acceptors (Lipinski definition) is 5. The van der Waals surface area contributed by atoms with E-state index in [1.54, 1.807) is 24.3 Å². The molecule has 0 bridgehead atoms. The Bertz CT molecular complexity index is 513. The van der Waals surface area contributed by atoms with Gasteiger partial charge in [0.25, 0.3) is 0 Å². The lowest BCUT2D eigenvalue weighted by Gasteiger charge is -2.24. The summed E-state index contributed by atoms with van der Waals surface area (Å²) < 4.78 is 31.6. The number of sulfonamides is 1. The Kier molecular flexibility index (Phi) is 4.76. The standard InChI is InChI=1S/C12H19N3O3S/c1-13-19(16,17)12-5-3-2-4-11(12)15-9-10-8-14-6-7-18-10/h2-5,10,13-15H,6-9H2,1H3. The van der Waals surface area contributed by atoms with Crippen molar-refractivity contribution < 1.29 is 13.2 Å². The Balaban J connectivity index is 2.07. The Hall–Kier alpha value is -1.15. The molecule has 1 aromatic rings. The van der Waals surface area contributed by atoms with Crippen LogP contribution in [0.4, 0.5) is 5.69 Å². The fourth-order valence-corrected chi connectivity index (χ4v) is 2.84. The van der Waals surface area contributed by atoms with Gasteiger partial charge in [-0.25, -0.2) is 13.1 Å². The molecule has 7 heteroatoms. The van der Waals surface area contributed by atoms with Gasteiger partial charge >= 0.3 is 0 Å². The first-order valence-electron chi connectivity index (χ1n) is 6.22. The van der Waals surface area contributed by atoms with Crippen LogP contribution in [-0.2, 0) is 14.8 Å². The van der Waals surface area contributed by atoms with Crippen molar-refractivity contribution in [3.05, 3.63) is 24.3 Å². The molecule has 0 saturated carbocycles. The van der Waals surface area contributed by atoms with Crippen LogP contribution < -0.4 is 15.4 Å². The average Bonchev–Trinajstić information content (AvgIpc) is 2.46. The lowest BCUT2D eigenvalue weighted by Crippen LogP contribution is -2.42. The fourth-order valence-electron chi connectivity index (χ4n) is 1.93. The second kappa shape index (κ2) is 6.33. The molecule has 3 N–H and O–H groups in total. The maximum absolute atomic E-state index is 11.9. The van der Waals surface area contributed by atoms with Crippen LogP contribution in [0.3, 0.4) is 0 Å². The molecular formula is C12H19N3O3S. The fraction of sp³-hybridized carbons (Fsp3) is 0.500. The zero-order valence-corrected chi connectivity index (χ0v) is 11.7. The normalized spacial score (nSPS) is 20.2. The summed E-state index contributed by atoms with van der Waals surface area (Å²) in [5.74, 6) is 0. The third-order valence-corrected chi connectivity index (χ3v) is 4.44. The van der Waals surface area contributed by atoms with Gasteiger partial charge in [0.1, 0.15) is 4.90 Å². The summed E-state index contributed by atoms with van der Waals surface area (Å²) in [6, 6.07) is 6.83. The highest BCUT2D eigenvalue weighted by molar-refractivity contribution is 7.89. The summed E-state index contributed by atoms with van der Waals surface area (Å²) in [6.07, 6.45) is 0.0547. The third kappa shape index (κ3) is 3.66. The molecular weight excluding hydrogens is 266 g/mol. The van der Waals surface area contributed by atoms with Gasteiger partial charge in [-0.2, -0.15) is 0 Å². The van der Waals surface area contributed by atoms with E-state index in [2.05, 4.69) is 15.4 Å². The van der Waals surface area contributed by atoms with Crippen molar-refractivity contribution in [2.45, 2.75) is 11.0 Å². The number of hydrogen-bond donors (Lipinski definition) is 3. The van der Waals surface area contributed by atoms with E-state index >= 15 is 0 Å². The number of benzene rings is 1. The van der Waals surface area contributed by atoms with Gasteiger partial charge < -0.3 is 15.4 Å². The molecule has 0 spiro atoms. The van der Waals surface area contributed by atoms with E-state index in [4.69, 9.17) is 4.74 Å². The number of ether oxygens (including phenoxy) is 1. The van der Waals surface area contributed by atoms with Crippen molar-refractivity contribution >= 4 is 15.7 Å². The van der Waals surface area contributed by atoms with Crippen LogP contribution in [0.5, 0.6) is 0 Å². The van der Waals surface area contributed by atoms with Gasteiger partial charge in [0.2, 0.25) is 10.0 Å². The van der Waals surface area contributed by atoms with Crippen LogP contribution in [-0.4, -0.2) is 47.8 Å². The molecule has 1 heterocycles. The van der Waals surface area contributed by atoms with E-state index in [1.807, 2.05) is 0 Å². The van der Waals surface area contributed by atoms with E-state index in [0.717, 1.165) is 13.1 Å². The van der Waals surface area contributed by atoms with Crippen molar-refractivity contribution in [3.8, 4) is 0 Å². The minimum absolute atomic E-state index is 0.0547. The van der Waals surface area contributed by atoms with Crippen LogP contribution in [0.2, 0.25) is 0 Å². The topological polar surface area (TPSA) is 79.5 Å². The van der Waals surface area contributed by atoms with E-state index < -0.39 is 10.0 Å². The van der Waals surface area contributed by atoms with Crippen molar-refractivity contribution in [3.63, 3.8) is 0 Å². The maximum atomic E-state index is 11.9. The van der Waals surface area contributed by atoms with Gasteiger partial charge in [0.15, 0.2) is 0 Å². The smallest absolute Gasteiger partial charge is 0.242 e. The molecule has 1 aliphatic rings. The highest BCUT2D eigenvalue weighted by atomic mass is 32.2. The van der Waals surface area contributed by atoms with Gasteiger partial charge in [-0.1, -0.05) is 12.1 Å². The maximum Gasteiger partial charge on any atom is 0.242 e. The first-order chi connectivity index (χ1) is 9.13. The SMILES string of the molecule is CNS(=O)(=O)c1ccccc1NCC1CNCCO1. The zero-order valence-electron chi connectivity index (χ0n) is 10.8. The average molecular weight is 285 g/mol. The third-order valence-electron chi connectivity index (χ3n) is 2.97. The number of morpholine rings is 1. The molecule has 0 aromatic heterocycles. The molecule has 0 amide bonds. The lowest BCUT2D eigenvalue weighted by atomic mass is 10.2. The molecule has 0 aliphatic carbocycles. The Labute approximate surface area is 113 Å². The number of anilines is 1. The predicted molar refractivity (Wildman–Crippen MR) is 73.8 cm³/mol. The largest absolute Gasteiger partial charge is 0.381 e.